The molecule has 108 valence electrons. The van der Waals surface area contributed by atoms with Crippen molar-refractivity contribution in [1.82, 2.24) is 10.2 Å². The summed E-state index contributed by atoms with van der Waals surface area (Å²) < 4.78 is 5.34. The van der Waals surface area contributed by atoms with Gasteiger partial charge in [0.2, 0.25) is 5.91 Å². The topological polar surface area (TPSA) is 58.6 Å². The number of nitrogens with zero attached hydrogens (tertiary/aromatic N) is 1. The number of rotatable bonds is 2. The Balaban J connectivity index is 1.92. The van der Waals surface area contributed by atoms with Gasteiger partial charge < -0.3 is 10.1 Å². The van der Waals surface area contributed by atoms with Crippen LogP contribution in [0, 0.1) is 5.92 Å². The van der Waals surface area contributed by atoms with Crippen LogP contribution in [0.3, 0.4) is 0 Å². The summed E-state index contributed by atoms with van der Waals surface area (Å²) in [5.74, 6) is 1.68. The van der Waals surface area contributed by atoms with Crippen LogP contribution in [0.2, 0.25) is 0 Å². The molecule has 1 heterocycles. The van der Waals surface area contributed by atoms with Gasteiger partial charge in [-0.05, 0) is 33.1 Å². The first kappa shape index (κ1) is 14.5. The highest BCUT2D eigenvalue weighted by Crippen LogP contribution is 2.30. The lowest BCUT2D eigenvalue weighted by atomic mass is 10.2. The number of ether oxygens (including phenoxy) is 1. The van der Waals surface area contributed by atoms with E-state index in [1.54, 1.807) is 11.8 Å². The molecule has 0 aromatic carbocycles. The lowest BCUT2D eigenvalue weighted by Crippen LogP contribution is -2.49. The van der Waals surface area contributed by atoms with Crippen LogP contribution in [-0.4, -0.2) is 46.2 Å². The third kappa shape index (κ3) is 3.78. The Hall–Kier alpha value is -0.910. The molecule has 5 nitrogen and oxygen atoms in total. The van der Waals surface area contributed by atoms with E-state index in [4.69, 9.17) is 4.74 Å². The highest BCUT2D eigenvalue weighted by Gasteiger charge is 2.41. The van der Waals surface area contributed by atoms with Crippen molar-refractivity contribution in [3.63, 3.8) is 0 Å². The Morgan fingerprint density at radius 3 is 2.53 bits per heavy atom. The van der Waals surface area contributed by atoms with Crippen molar-refractivity contribution < 1.29 is 14.3 Å². The molecule has 0 radical (unpaired) electrons. The third-order valence-electron chi connectivity index (χ3n) is 3.25. The van der Waals surface area contributed by atoms with Gasteiger partial charge in [0, 0.05) is 11.8 Å². The summed E-state index contributed by atoms with van der Waals surface area (Å²) in [5.41, 5.74) is -0.531. The first-order valence-corrected chi connectivity index (χ1v) is 7.81. The predicted molar refractivity (Wildman–Crippen MR) is 74.9 cm³/mol. The normalized spacial score (nSPS) is 30.1. The fraction of sp³-hybridized carbons (Fsp3) is 0.846. The monoisotopic (exact) mass is 286 g/mol. The van der Waals surface area contributed by atoms with Gasteiger partial charge in [0.05, 0.1) is 5.88 Å². The van der Waals surface area contributed by atoms with Crippen LogP contribution < -0.4 is 5.32 Å². The minimum Gasteiger partial charge on any atom is -0.444 e. The van der Waals surface area contributed by atoms with Crippen LogP contribution in [-0.2, 0) is 9.53 Å². The second kappa shape index (κ2) is 5.23. The molecular formula is C13H22N2O3S. The smallest absolute Gasteiger partial charge is 0.411 e. The molecule has 6 heteroatoms. The van der Waals surface area contributed by atoms with Gasteiger partial charge in [0.25, 0.3) is 0 Å². The summed E-state index contributed by atoms with van der Waals surface area (Å²) in [6.07, 6.45) is 0.638. The van der Waals surface area contributed by atoms with Gasteiger partial charge >= 0.3 is 6.09 Å². The molecule has 1 saturated heterocycles. The van der Waals surface area contributed by atoms with E-state index in [0.717, 1.165) is 6.42 Å². The van der Waals surface area contributed by atoms with Crippen LogP contribution in [0.25, 0.3) is 0 Å². The van der Waals surface area contributed by atoms with Gasteiger partial charge in [-0.2, -0.15) is 0 Å². The Labute approximate surface area is 118 Å². The van der Waals surface area contributed by atoms with Crippen molar-refractivity contribution in [2.45, 2.75) is 51.8 Å². The van der Waals surface area contributed by atoms with Gasteiger partial charge in [-0.3, -0.25) is 9.69 Å². The van der Waals surface area contributed by atoms with E-state index in [1.807, 2.05) is 20.8 Å². The largest absolute Gasteiger partial charge is 0.444 e. The quantitative estimate of drug-likeness (QED) is 0.841. The summed E-state index contributed by atoms with van der Waals surface area (Å²) in [5, 5.41) is 2.99. The summed E-state index contributed by atoms with van der Waals surface area (Å²) >= 11 is 1.59. The fourth-order valence-electron chi connectivity index (χ4n) is 1.96. The molecule has 3 atom stereocenters. The SMILES string of the molecule is CC1CC1NC(=O)[C@H]1CSCN1C(=O)OC(C)(C)C. The zero-order valence-electron chi connectivity index (χ0n) is 11.9. The Morgan fingerprint density at radius 1 is 1.37 bits per heavy atom. The molecule has 1 aliphatic heterocycles. The van der Waals surface area contributed by atoms with Crippen molar-refractivity contribution in [3.8, 4) is 0 Å². The van der Waals surface area contributed by atoms with Gasteiger partial charge in [-0.15, -0.1) is 11.8 Å². The molecule has 2 aliphatic rings. The van der Waals surface area contributed by atoms with Crippen molar-refractivity contribution in [1.29, 1.82) is 0 Å². The summed E-state index contributed by atoms with van der Waals surface area (Å²) in [6.45, 7) is 7.60. The summed E-state index contributed by atoms with van der Waals surface area (Å²) in [6, 6.07) is -0.105. The van der Waals surface area contributed by atoms with Crippen molar-refractivity contribution >= 4 is 23.8 Å². The van der Waals surface area contributed by atoms with Crippen LogP contribution >= 0.6 is 11.8 Å². The molecule has 1 N–H and O–H groups in total. The summed E-state index contributed by atoms with van der Waals surface area (Å²) in [4.78, 5) is 25.7. The number of hydrogen-bond donors (Lipinski definition) is 1. The number of carbonyl (C=O) groups excluding carboxylic acids is 2. The zero-order chi connectivity index (χ0) is 14.2. The Bertz CT molecular complexity index is 381. The number of hydrogen-bond acceptors (Lipinski definition) is 4. The second-order valence-electron chi connectivity index (χ2n) is 6.29. The van der Waals surface area contributed by atoms with Crippen LogP contribution in [0.15, 0.2) is 0 Å². The molecule has 19 heavy (non-hydrogen) atoms. The maximum atomic E-state index is 12.1. The molecule has 2 amide bonds. The van der Waals surface area contributed by atoms with E-state index in [0.29, 0.717) is 23.6 Å². The molecular weight excluding hydrogens is 264 g/mol. The molecule has 0 aromatic rings. The predicted octanol–water partition coefficient (Wildman–Crippen LogP) is 1.82. The van der Waals surface area contributed by atoms with Crippen molar-refractivity contribution in [2.24, 2.45) is 5.92 Å². The lowest BCUT2D eigenvalue weighted by molar-refractivity contribution is -0.125. The molecule has 1 aliphatic carbocycles. The highest BCUT2D eigenvalue weighted by molar-refractivity contribution is 7.99. The molecule has 0 aromatic heterocycles. The van der Waals surface area contributed by atoms with Crippen molar-refractivity contribution in [2.75, 3.05) is 11.6 Å². The Morgan fingerprint density at radius 2 is 2.00 bits per heavy atom. The Kier molecular flexibility index (Phi) is 3.99. The molecule has 2 rings (SSSR count). The van der Waals surface area contributed by atoms with Gasteiger partial charge in [-0.25, -0.2) is 4.79 Å². The van der Waals surface area contributed by atoms with E-state index in [9.17, 15) is 9.59 Å². The fourth-order valence-corrected chi connectivity index (χ4v) is 3.10. The first-order valence-electron chi connectivity index (χ1n) is 6.65. The number of carbonyl (C=O) groups is 2. The summed E-state index contributed by atoms with van der Waals surface area (Å²) in [7, 11) is 0. The first-order chi connectivity index (χ1) is 8.78. The molecule has 2 unspecified atom stereocenters. The number of amides is 2. The minimum atomic E-state index is -0.531. The minimum absolute atomic E-state index is 0.0507. The lowest BCUT2D eigenvalue weighted by Gasteiger charge is -2.27. The van der Waals surface area contributed by atoms with E-state index >= 15 is 0 Å². The van der Waals surface area contributed by atoms with E-state index in [-0.39, 0.29) is 5.91 Å². The second-order valence-corrected chi connectivity index (χ2v) is 7.29. The molecule has 2 fully saturated rings. The van der Waals surface area contributed by atoms with E-state index in [1.165, 1.54) is 4.90 Å². The zero-order valence-corrected chi connectivity index (χ0v) is 12.8. The van der Waals surface area contributed by atoms with E-state index in [2.05, 4.69) is 12.2 Å². The third-order valence-corrected chi connectivity index (χ3v) is 4.26. The van der Waals surface area contributed by atoms with E-state index < -0.39 is 17.7 Å². The number of nitrogens with one attached hydrogen (secondary N) is 1. The molecule has 0 bridgehead atoms. The highest BCUT2D eigenvalue weighted by atomic mass is 32.2. The van der Waals surface area contributed by atoms with Crippen LogP contribution in [0.5, 0.6) is 0 Å². The average Bonchev–Trinajstić information content (AvgIpc) is 2.81. The maximum Gasteiger partial charge on any atom is 0.411 e. The molecule has 0 spiro atoms. The average molecular weight is 286 g/mol. The van der Waals surface area contributed by atoms with Crippen LogP contribution in [0.4, 0.5) is 4.79 Å². The number of thioether (sulfide) groups is 1. The van der Waals surface area contributed by atoms with Crippen LogP contribution in [0.1, 0.15) is 34.1 Å². The molecule has 1 saturated carbocycles. The van der Waals surface area contributed by atoms with Gasteiger partial charge in [-0.1, -0.05) is 6.92 Å². The van der Waals surface area contributed by atoms with Gasteiger partial charge in [0.15, 0.2) is 0 Å². The van der Waals surface area contributed by atoms with Gasteiger partial charge in [0.1, 0.15) is 11.6 Å². The standard InChI is InChI=1S/C13H22N2O3S/c1-8-5-9(8)14-11(16)10-6-19-7-15(10)12(17)18-13(2,3)4/h8-10H,5-7H2,1-4H3,(H,14,16)/t8?,9?,10-/m1/s1. The van der Waals surface area contributed by atoms with Crippen molar-refractivity contribution in [3.05, 3.63) is 0 Å². The maximum absolute atomic E-state index is 12.1.